The fourth-order valence-electron chi connectivity index (χ4n) is 7.51. The maximum absolute atomic E-state index is 11.9. The van der Waals surface area contributed by atoms with Gasteiger partial charge in [-0.2, -0.15) is 0 Å². The highest BCUT2D eigenvalue weighted by Crippen LogP contribution is 2.43. The Labute approximate surface area is 212 Å². The minimum Gasteiger partial charge on any atom is -0.462 e. The molecule has 2 heteroatoms. The minimum atomic E-state index is 0.0432. The molecule has 0 unspecified atom stereocenters. The predicted octanol–water partition coefficient (Wildman–Crippen LogP) is 10.0. The van der Waals surface area contributed by atoms with Crippen molar-refractivity contribution in [1.29, 1.82) is 0 Å². The molecule has 3 aliphatic rings. The van der Waals surface area contributed by atoms with E-state index in [0.717, 1.165) is 55.3 Å². The Hall–Kier alpha value is -0.530. The molecule has 198 valence electrons. The third-order valence-corrected chi connectivity index (χ3v) is 9.97. The molecule has 0 spiro atoms. The van der Waals surface area contributed by atoms with Crippen LogP contribution in [0.25, 0.3) is 0 Å². The molecule has 3 saturated carbocycles. The van der Waals surface area contributed by atoms with E-state index in [0.29, 0.717) is 6.42 Å². The summed E-state index contributed by atoms with van der Waals surface area (Å²) in [7, 11) is 0. The highest BCUT2D eigenvalue weighted by Gasteiger charge is 2.32. The number of carbonyl (C=O) groups excluding carboxylic acids is 1. The van der Waals surface area contributed by atoms with Gasteiger partial charge in [0.15, 0.2) is 0 Å². The van der Waals surface area contributed by atoms with Gasteiger partial charge in [0.1, 0.15) is 6.10 Å². The molecule has 0 atom stereocenters. The molecule has 0 radical (unpaired) electrons. The van der Waals surface area contributed by atoms with Crippen molar-refractivity contribution in [2.45, 2.75) is 168 Å². The molecular formula is C32H58O2. The van der Waals surface area contributed by atoms with Gasteiger partial charge >= 0.3 is 5.97 Å². The van der Waals surface area contributed by atoms with Crippen molar-refractivity contribution in [3.63, 3.8) is 0 Å². The summed E-state index contributed by atoms with van der Waals surface area (Å²) in [5.74, 6) is 5.03. The van der Waals surface area contributed by atoms with Gasteiger partial charge in [0.25, 0.3) is 0 Å². The van der Waals surface area contributed by atoms with Crippen LogP contribution in [0.4, 0.5) is 0 Å². The summed E-state index contributed by atoms with van der Waals surface area (Å²) in [5, 5.41) is 0. The summed E-state index contributed by atoms with van der Waals surface area (Å²) in [4.78, 5) is 11.9. The Morgan fingerprint density at radius 1 is 0.559 bits per heavy atom. The standard InChI is InChI=1S/C32H58O2/c1-3-5-7-8-9-10-26-12-14-27(15-13-26)16-17-28-18-20-29(21-19-28)30-22-24-31(25-23-30)34-32(33)11-6-4-2/h26-31H,3-25H2,1-2H3/t26-,27-,28?,29?,30?,31?. The Morgan fingerprint density at radius 3 is 1.59 bits per heavy atom. The molecule has 0 saturated heterocycles. The second-order valence-corrected chi connectivity index (χ2v) is 12.6. The summed E-state index contributed by atoms with van der Waals surface area (Å²) in [5.41, 5.74) is 0. The molecule has 0 aromatic rings. The van der Waals surface area contributed by atoms with Gasteiger partial charge in [0, 0.05) is 6.42 Å². The maximum atomic E-state index is 11.9. The summed E-state index contributed by atoms with van der Waals surface area (Å²) in [6, 6.07) is 0. The average Bonchev–Trinajstić information content (AvgIpc) is 2.87. The van der Waals surface area contributed by atoms with Crippen LogP contribution in [0.3, 0.4) is 0 Å². The number of hydrogen-bond donors (Lipinski definition) is 0. The minimum absolute atomic E-state index is 0.0432. The molecule has 0 aromatic carbocycles. The van der Waals surface area contributed by atoms with Crippen molar-refractivity contribution in [2.75, 3.05) is 0 Å². The van der Waals surface area contributed by atoms with Crippen molar-refractivity contribution >= 4 is 5.97 Å². The fourth-order valence-corrected chi connectivity index (χ4v) is 7.51. The van der Waals surface area contributed by atoms with E-state index >= 15 is 0 Å². The third kappa shape index (κ3) is 10.2. The molecule has 3 fully saturated rings. The van der Waals surface area contributed by atoms with Crippen LogP contribution >= 0.6 is 0 Å². The lowest BCUT2D eigenvalue weighted by Gasteiger charge is -2.38. The van der Waals surface area contributed by atoms with Gasteiger partial charge in [-0.15, -0.1) is 0 Å². The molecule has 0 amide bonds. The summed E-state index contributed by atoms with van der Waals surface area (Å²) >= 11 is 0. The molecule has 2 nitrogen and oxygen atoms in total. The van der Waals surface area contributed by atoms with Gasteiger partial charge in [-0.05, 0) is 74.5 Å². The second kappa shape index (κ2) is 16.3. The summed E-state index contributed by atoms with van der Waals surface area (Å²) < 4.78 is 5.74. The van der Waals surface area contributed by atoms with Gasteiger partial charge in [-0.3, -0.25) is 4.79 Å². The van der Waals surface area contributed by atoms with Crippen molar-refractivity contribution < 1.29 is 9.53 Å². The first-order chi connectivity index (χ1) is 16.7. The van der Waals surface area contributed by atoms with Gasteiger partial charge < -0.3 is 4.74 Å². The van der Waals surface area contributed by atoms with Crippen LogP contribution in [-0.4, -0.2) is 12.1 Å². The number of unbranched alkanes of at least 4 members (excludes halogenated alkanes) is 5. The monoisotopic (exact) mass is 474 g/mol. The van der Waals surface area contributed by atoms with E-state index in [9.17, 15) is 4.79 Å². The normalized spacial score (nSPS) is 32.4. The van der Waals surface area contributed by atoms with Crippen molar-refractivity contribution in [1.82, 2.24) is 0 Å². The van der Waals surface area contributed by atoms with E-state index in [1.54, 1.807) is 0 Å². The molecule has 0 heterocycles. The molecule has 3 aliphatic carbocycles. The van der Waals surface area contributed by atoms with Crippen molar-refractivity contribution in [2.24, 2.45) is 29.6 Å². The smallest absolute Gasteiger partial charge is 0.306 e. The SMILES string of the molecule is CCCCCCC[C@H]1CC[C@H](CCC2CCC(C3CCC(OC(=O)CCCC)CC3)CC2)CC1. The second-order valence-electron chi connectivity index (χ2n) is 12.6. The Morgan fingerprint density at radius 2 is 1.03 bits per heavy atom. The fraction of sp³-hybridized carbons (Fsp3) is 0.969. The quantitative estimate of drug-likeness (QED) is 0.185. The largest absolute Gasteiger partial charge is 0.462 e. The Balaban J connectivity index is 1.21. The zero-order valence-corrected chi connectivity index (χ0v) is 23.0. The lowest BCUT2D eigenvalue weighted by molar-refractivity contribution is -0.151. The van der Waals surface area contributed by atoms with Crippen LogP contribution in [0.1, 0.15) is 162 Å². The first kappa shape index (κ1) is 28.0. The van der Waals surface area contributed by atoms with Crippen LogP contribution in [0.2, 0.25) is 0 Å². The van der Waals surface area contributed by atoms with Crippen LogP contribution in [0.5, 0.6) is 0 Å². The lowest BCUT2D eigenvalue weighted by atomic mass is 9.69. The lowest BCUT2D eigenvalue weighted by Crippen LogP contribution is -2.29. The number of rotatable bonds is 14. The van der Waals surface area contributed by atoms with E-state index in [-0.39, 0.29) is 12.1 Å². The van der Waals surface area contributed by atoms with Gasteiger partial charge in [-0.1, -0.05) is 110 Å². The number of hydrogen-bond acceptors (Lipinski definition) is 2. The first-order valence-electron chi connectivity index (χ1n) is 15.9. The Bertz CT molecular complexity index is 519. The van der Waals surface area contributed by atoms with Gasteiger partial charge in [-0.25, -0.2) is 0 Å². The highest BCUT2D eigenvalue weighted by molar-refractivity contribution is 5.69. The summed E-state index contributed by atoms with van der Waals surface area (Å²) in [6.07, 6.45) is 31.5. The zero-order chi connectivity index (χ0) is 24.0. The summed E-state index contributed by atoms with van der Waals surface area (Å²) in [6.45, 7) is 4.45. The highest BCUT2D eigenvalue weighted by atomic mass is 16.5. The van der Waals surface area contributed by atoms with Crippen LogP contribution in [-0.2, 0) is 9.53 Å². The molecular weight excluding hydrogens is 416 g/mol. The number of esters is 1. The average molecular weight is 475 g/mol. The van der Waals surface area contributed by atoms with Crippen LogP contribution in [0.15, 0.2) is 0 Å². The maximum Gasteiger partial charge on any atom is 0.306 e. The molecule has 0 aliphatic heterocycles. The Kier molecular flexibility index (Phi) is 13.4. The van der Waals surface area contributed by atoms with E-state index in [2.05, 4.69) is 13.8 Å². The van der Waals surface area contributed by atoms with Crippen molar-refractivity contribution in [3.8, 4) is 0 Å². The molecule has 0 N–H and O–H groups in total. The number of carbonyl (C=O) groups is 1. The number of ether oxygens (including phenoxy) is 1. The van der Waals surface area contributed by atoms with Crippen LogP contribution in [0, 0.1) is 29.6 Å². The topological polar surface area (TPSA) is 26.3 Å². The van der Waals surface area contributed by atoms with Crippen molar-refractivity contribution in [3.05, 3.63) is 0 Å². The predicted molar refractivity (Wildman–Crippen MR) is 145 cm³/mol. The van der Waals surface area contributed by atoms with Gasteiger partial charge in [0.2, 0.25) is 0 Å². The zero-order valence-electron chi connectivity index (χ0n) is 23.0. The molecule has 34 heavy (non-hydrogen) atoms. The van der Waals surface area contributed by atoms with Crippen LogP contribution < -0.4 is 0 Å². The van der Waals surface area contributed by atoms with Gasteiger partial charge in [0.05, 0.1) is 0 Å². The van der Waals surface area contributed by atoms with E-state index in [1.807, 2.05) is 0 Å². The molecule has 0 aromatic heterocycles. The molecule has 0 bridgehead atoms. The van der Waals surface area contributed by atoms with E-state index in [4.69, 9.17) is 4.74 Å². The van der Waals surface area contributed by atoms with E-state index < -0.39 is 0 Å². The van der Waals surface area contributed by atoms with E-state index in [1.165, 1.54) is 116 Å². The molecule has 3 rings (SSSR count). The first-order valence-corrected chi connectivity index (χ1v) is 15.9. The third-order valence-electron chi connectivity index (χ3n) is 9.97.